The molecule has 7 atom stereocenters. The Balaban J connectivity index is 1.13. The summed E-state index contributed by atoms with van der Waals surface area (Å²) in [5.41, 5.74) is 20.1. The van der Waals surface area contributed by atoms with Crippen LogP contribution in [0.3, 0.4) is 0 Å². The average molecular weight is 736 g/mol. The lowest BCUT2D eigenvalue weighted by atomic mass is 9.56. The van der Waals surface area contributed by atoms with E-state index < -0.39 is 0 Å². The van der Waals surface area contributed by atoms with E-state index in [1.54, 1.807) is 0 Å². The van der Waals surface area contributed by atoms with Gasteiger partial charge in [0.25, 0.3) is 0 Å². The highest BCUT2D eigenvalue weighted by Crippen LogP contribution is 2.77. The summed E-state index contributed by atoms with van der Waals surface area (Å²) in [5, 5.41) is 27.7. The normalized spacial score (nSPS) is 32.6. The van der Waals surface area contributed by atoms with Crippen LogP contribution in [0.25, 0.3) is 60.3 Å². The molecule has 0 saturated heterocycles. The zero-order chi connectivity index (χ0) is 37.4. The van der Waals surface area contributed by atoms with Crippen LogP contribution in [0.5, 0.6) is 0 Å². The molecule has 5 aromatic carbocycles. The van der Waals surface area contributed by atoms with Crippen molar-refractivity contribution in [3.05, 3.63) is 111 Å². The quantitative estimate of drug-likeness (QED) is 0.169. The van der Waals surface area contributed by atoms with Gasteiger partial charge in [-0.05, 0) is 197 Å². The van der Waals surface area contributed by atoms with Crippen molar-refractivity contribution in [1.29, 1.82) is 10.5 Å². The van der Waals surface area contributed by atoms with Crippen molar-refractivity contribution in [3.63, 3.8) is 0 Å². The lowest BCUT2D eigenvalue weighted by molar-refractivity contribution is 0.00322. The molecular weight excluding hydrogens is 691 g/mol. The van der Waals surface area contributed by atoms with Gasteiger partial charge in [-0.1, -0.05) is 56.3 Å². The molecule has 276 valence electrons. The van der Waals surface area contributed by atoms with Crippen LogP contribution in [0.2, 0.25) is 0 Å². The molecule has 0 N–H and O–H groups in total. The summed E-state index contributed by atoms with van der Waals surface area (Å²) in [7, 11) is 0. The van der Waals surface area contributed by atoms with Crippen molar-refractivity contribution in [3.8, 4) is 34.4 Å². The van der Waals surface area contributed by atoms with E-state index in [-0.39, 0.29) is 5.41 Å². The van der Waals surface area contributed by atoms with Crippen molar-refractivity contribution < 1.29 is 0 Å². The molecule has 3 heteroatoms. The highest BCUT2D eigenvalue weighted by molar-refractivity contribution is 6.26. The van der Waals surface area contributed by atoms with E-state index in [0.717, 1.165) is 34.8 Å². The predicted molar refractivity (Wildman–Crippen MR) is 227 cm³/mol. The van der Waals surface area contributed by atoms with Crippen molar-refractivity contribution in [2.24, 2.45) is 29.1 Å². The Morgan fingerprint density at radius 1 is 0.579 bits per heavy atom. The zero-order valence-electron chi connectivity index (χ0n) is 32.9. The van der Waals surface area contributed by atoms with Crippen molar-refractivity contribution in [2.75, 3.05) is 0 Å². The number of hydrogen-bond acceptors (Lipinski definition) is 2. The van der Waals surface area contributed by atoms with Crippen LogP contribution in [-0.2, 0) is 5.41 Å². The summed E-state index contributed by atoms with van der Waals surface area (Å²) >= 11 is 0. The lowest BCUT2D eigenvalue weighted by Gasteiger charge is -2.48. The standard InChI is InChI=1S/C54H45N3/c1-53(2)41-8-4-3-6-38(41)49-37(7-5-9-42(49)53)28-17-39-50-43(19-33(24-55)45-29-11-26-10-27(12-29)14-30(13-26)47(45)50)57-44-20-34(25-56)46-31-15-35-21-36-16-32(23-54(35,36)22-31)48(46)51(44)40(18-28)52(39)57/h3-9,17-20,26-27,29-32,35-36H,10-16,21-23H2,1-2H3. The van der Waals surface area contributed by atoms with Gasteiger partial charge in [0.15, 0.2) is 0 Å². The molecule has 0 radical (unpaired) electrons. The first-order valence-electron chi connectivity index (χ1n) is 22.3. The number of benzene rings is 5. The summed E-state index contributed by atoms with van der Waals surface area (Å²) in [6, 6.07) is 31.5. The SMILES string of the molecule is CC1(C)c2ccccc2-c2c(-c3cc4c5c6c(c(C#N)cc5n5c7cc(C#N)c8c(c7c(c3)c45)C3CC4CC5CC8CC54C3)C3CC4CC(C3)CC6C4)cccc21. The number of nitrogens with zero attached hydrogens (tertiary/aromatic N) is 3. The Morgan fingerprint density at radius 2 is 1.14 bits per heavy atom. The van der Waals surface area contributed by atoms with E-state index in [0.29, 0.717) is 29.1 Å². The number of fused-ring (bicyclic) bond motifs is 15. The third-order valence-electron chi connectivity index (χ3n) is 18.6. The maximum absolute atomic E-state index is 11.1. The van der Waals surface area contributed by atoms with Crippen molar-refractivity contribution in [1.82, 2.24) is 4.40 Å². The second-order valence-corrected chi connectivity index (χ2v) is 21.1. The maximum atomic E-state index is 11.1. The van der Waals surface area contributed by atoms with E-state index in [4.69, 9.17) is 0 Å². The Morgan fingerprint density at radius 3 is 1.81 bits per heavy atom. The Bertz CT molecular complexity index is 3150. The third-order valence-corrected chi connectivity index (χ3v) is 18.6. The van der Waals surface area contributed by atoms with Gasteiger partial charge in [0.1, 0.15) is 0 Å². The summed E-state index contributed by atoms with van der Waals surface area (Å²) in [4.78, 5) is 0. The molecule has 16 rings (SSSR count). The van der Waals surface area contributed by atoms with Gasteiger partial charge in [-0.3, -0.25) is 0 Å². The summed E-state index contributed by atoms with van der Waals surface area (Å²) in [5.74, 6) is 5.26. The fourth-order valence-corrected chi connectivity index (χ4v) is 16.9. The molecule has 2 aromatic heterocycles. The fraction of sp³-hybridized carbons (Fsp3) is 0.407. The Kier molecular flexibility index (Phi) is 5.30. The number of rotatable bonds is 1. The average Bonchev–Trinajstić information content (AvgIpc) is 3.91. The third kappa shape index (κ3) is 3.37. The highest BCUT2D eigenvalue weighted by atomic mass is 14.9. The van der Waals surface area contributed by atoms with Gasteiger partial charge in [0, 0.05) is 27.0 Å². The van der Waals surface area contributed by atoms with Gasteiger partial charge < -0.3 is 4.40 Å². The Labute approximate surface area is 333 Å². The molecule has 3 nitrogen and oxygen atoms in total. The molecule has 0 aliphatic heterocycles. The van der Waals surface area contributed by atoms with E-state index in [1.165, 1.54) is 158 Å². The molecule has 5 saturated carbocycles. The van der Waals surface area contributed by atoms with Crippen molar-refractivity contribution in [2.45, 2.75) is 107 Å². The number of hydrogen-bond donors (Lipinski definition) is 0. The molecular formula is C54H45N3. The molecule has 7 aromatic rings. The summed E-state index contributed by atoms with van der Waals surface area (Å²) in [6.07, 6.45) is 12.9. The number of nitriles is 2. The van der Waals surface area contributed by atoms with Gasteiger partial charge in [0.05, 0.1) is 39.8 Å². The molecule has 1 spiro atoms. The van der Waals surface area contributed by atoms with Gasteiger partial charge >= 0.3 is 0 Å². The predicted octanol–water partition coefficient (Wildman–Crippen LogP) is 13.3. The lowest BCUT2D eigenvalue weighted by Crippen LogP contribution is -2.41. The minimum atomic E-state index is -0.0712. The Hall–Kier alpha value is -5.12. The molecule has 7 bridgehead atoms. The fourth-order valence-electron chi connectivity index (χ4n) is 16.9. The molecule has 9 aliphatic rings. The van der Waals surface area contributed by atoms with Crippen LogP contribution in [0.1, 0.15) is 146 Å². The zero-order valence-corrected chi connectivity index (χ0v) is 32.9. The monoisotopic (exact) mass is 735 g/mol. The molecule has 5 fully saturated rings. The van der Waals surface area contributed by atoms with E-state index in [1.807, 2.05) is 0 Å². The highest BCUT2D eigenvalue weighted by Gasteiger charge is 2.66. The van der Waals surface area contributed by atoms with Crippen LogP contribution in [0.4, 0.5) is 0 Å². The first-order chi connectivity index (χ1) is 27.8. The largest absolute Gasteiger partial charge is 0.308 e. The minimum Gasteiger partial charge on any atom is -0.308 e. The van der Waals surface area contributed by atoms with E-state index >= 15 is 0 Å². The van der Waals surface area contributed by atoms with Crippen LogP contribution < -0.4 is 0 Å². The minimum absolute atomic E-state index is 0.0712. The van der Waals surface area contributed by atoms with Crippen LogP contribution in [0.15, 0.2) is 66.7 Å². The smallest absolute Gasteiger partial charge is 0.0995 e. The summed E-state index contributed by atoms with van der Waals surface area (Å²) in [6.45, 7) is 4.79. The second kappa shape index (κ2) is 9.76. The summed E-state index contributed by atoms with van der Waals surface area (Å²) < 4.78 is 2.57. The van der Waals surface area contributed by atoms with Gasteiger partial charge in [-0.2, -0.15) is 10.5 Å². The van der Waals surface area contributed by atoms with E-state index in [9.17, 15) is 10.5 Å². The molecule has 2 heterocycles. The van der Waals surface area contributed by atoms with Crippen LogP contribution in [-0.4, -0.2) is 4.40 Å². The molecule has 0 amide bonds. The molecule has 9 aliphatic carbocycles. The van der Waals surface area contributed by atoms with Crippen LogP contribution in [0, 0.1) is 51.7 Å². The van der Waals surface area contributed by atoms with E-state index in [2.05, 4.69) is 97.1 Å². The first kappa shape index (κ1) is 30.9. The van der Waals surface area contributed by atoms with Gasteiger partial charge in [-0.25, -0.2) is 0 Å². The molecule has 7 unspecified atom stereocenters. The van der Waals surface area contributed by atoms with Crippen molar-refractivity contribution >= 4 is 38.1 Å². The van der Waals surface area contributed by atoms with Crippen LogP contribution >= 0.6 is 0 Å². The second-order valence-electron chi connectivity index (χ2n) is 21.1. The van der Waals surface area contributed by atoms with Gasteiger partial charge in [-0.15, -0.1) is 0 Å². The first-order valence-corrected chi connectivity index (χ1v) is 22.3. The molecule has 57 heavy (non-hydrogen) atoms. The number of aromatic nitrogens is 1. The maximum Gasteiger partial charge on any atom is 0.0995 e. The van der Waals surface area contributed by atoms with Gasteiger partial charge in [0.2, 0.25) is 0 Å². The topological polar surface area (TPSA) is 52.0 Å².